The Morgan fingerprint density at radius 2 is 1.79 bits per heavy atom. The maximum absolute atomic E-state index is 5.53. The summed E-state index contributed by atoms with van der Waals surface area (Å²) in [6.07, 6.45) is 1.06. The molecule has 3 atom stereocenters. The largest absolute Gasteiger partial charge is 0.493 e. The van der Waals surface area contributed by atoms with Gasteiger partial charge < -0.3 is 20.1 Å². The molecule has 4 heteroatoms. The molecule has 1 unspecified atom stereocenters. The van der Waals surface area contributed by atoms with Crippen molar-refractivity contribution in [3.05, 3.63) is 59.2 Å². The highest BCUT2D eigenvalue weighted by Gasteiger charge is 2.36. The first-order valence-electron chi connectivity index (χ1n) is 8.60. The highest BCUT2D eigenvalue weighted by molar-refractivity contribution is 5.49. The van der Waals surface area contributed by atoms with E-state index in [-0.39, 0.29) is 0 Å². The summed E-state index contributed by atoms with van der Waals surface area (Å²) in [7, 11) is 3.39. The average molecular weight is 328 g/mol. The molecule has 24 heavy (non-hydrogen) atoms. The van der Waals surface area contributed by atoms with E-state index in [9.17, 15) is 0 Å². The number of methoxy groups -OCH3 is 2. The van der Waals surface area contributed by atoms with Gasteiger partial charge in [0.05, 0.1) is 20.8 Å². The number of hydrogen-bond acceptors (Lipinski definition) is 2. The van der Waals surface area contributed by atoms with Crippen LogP contribution < -0.4 is 20.1 Å². The van der Waals surface area contributed by atoms with Gasteiger partial charge in [0.2, 0.25) is 0 Å². The Kier molecular flexibility index (Phi) is 5.07. The van der Waals surface area contributed by atoms with Gasteiger partial charge in [0, 0.05) is 17.5 Å². The molecule has 4 N–H and O–H groups in total. The first-order chi connectivity index (χ1) is 11.6. The lowest BCUT2D eigenvalue weighted by atomic mass is 9.88. The lowest BCUT2D eigenvalue weighted by molar-refractivity contribution is -0.957. The van der Waals surface area contributed by atoms with Gasteiger partial charge in [-0.1, -0.05) is 30.3 Å². The van der Waals surface area contributed by atoms with E-state index in [4.69, 9.17) is 9.47 Å². The summed E-state index contributed by atoms with van der Waals surface area (Å²) >= 11 is 0. The normalized spacial score (nSPS) is 21.0. The minimum atomic E-state index is 0.320. The summed E-state index contributed by atoms with van der Waals surface area (Å²) in [5, 5.41) is 0. The molecule has 2 aromatic rings. The third-order valence-electron chi connectivity index (χ3n) is 4.98. The van der Waals surface area contributed by atoms with Gasteiger partial charge in [-0.05, 0) is 24.6 Å². The number of ether oxygens (including phenoxy) is 2. The fraction of sp³-hybridized carbons (Fsp3) is 0.400. The van der Waals surface area contributed by atoms with Gasteiger partial charge in [-0.3, -0.25) is 0 Å². The Bertz CT molecular complexity index is 686. The molecule has 0 aliphatic carbocycles. The number of fused-ring (bicyclic) bond motifs is 1. The SMILES string of the molecule is COc1cc2c(cc1OC)[C@@H]([C@H](C)[NH3+])[NH+](Cc1ccccc1)CC2. The highest BCUT2D eigenvalue weighted by Crippen LogP contribution is 2.34. The molecule has 128 valence electrons. The third-order valence-corrected chi connectivity index (χ3v) is 4.98. The second kappa shape index (κ2) is 7.24. The molecule has 0 saturated heterocycles. The molecule has 1 aliphatic heterocycles. The van der Waals surface area contributed by atoms with Gasteiger partial charge in [0.25, 0.3) is 0 Å². The first kappa shape index (κ1) is 16.8. The third kappa shape index (κ3) is 3.25. The van der Waals surface area contributed by atoms with Crippen molar-refractivity contribution in [2.45, 2.75) is 32.0 Å². The molecule has 3 rings (SSSR count). The fourth-order valence-corrected chi connectivity index (χ4v) is 3.88. The molecule has 2 aromatic carbocycles. The van der Waals surface area contributed by atoms with Gasteiger partial charge in [-0.25, -0.2) is 0 Å². The van der Waals surface area contributed by atoms with Crippen molar-refractivity contribution in [1.82, 2.24) is 0 Å². The quantitative estimate of drug-likeness (QED) is 0.861. The first-order valence-corrected chi connectivity index (χ1v) is 8.60. The lowest BCUT2D eigenvalue weighted by Crippen LogP contribution is -3.14. The topological polar surface area (TPSA) is 50.5 Å². The molecular weight excluding hydrogens is 300 g/mol. The van der Waals surface area contributed by atoms with Crippen molar-refractivity contribution in [3.8, 4) is 11.5 Å². The summed E-state index contributed by atoms with van der Waals surface area (Å²) in [6, 6.07) is 15.7. The molecule has 0 amide bonds. The van der Waals surface area contributed by atoms with Crippen LogP contribution in [0.3, 0.4) is 0 Å². The molecular formula is C20H28N2O2+2. The van der Waals surface area contributed by atoms with E-state index >= 15 is 0 Å². The molecule has 0 spiro atoms. The maximum atomic E-state index is 5.53. The summed E-state index contributed by atoms with van der Waals surface area (Å²) in [6.45, 7) is 4.35. The molecule has 0 fully saturated rings. The number of benzene rings is 2. The number of hydrogen-bond donors (Lipinski definition) is 2. The van der Waals surface area contributed by atoms with Crippen LogP contribution in [0.4, 0.5) is 0 Å². The van der Waals surface area contributed by atoms with Crippen molar-refractivity contribution in [2.24, 2.45) is 0 Å². The predicted molar refractivity (Wildman–Crippen MR) is 94.3 cm³/mol. The van der Waals surface area contributed by atoms with Crippen LogP contribution in [0.1, 0.15) is 29.7 Å². The molecule has 4 nitrogen and oxygen atoms in total. The van der Waals surface area contributed by atoms with Crippen molar-refractivity contribution >= 4 is 0 Å². The van der Waals surface area contributed by atoms with E-state index in [1.807, 2.05) is 0 Å². The average Bonchev–Trinajstić information content (AvgIpc) is 2.60. The Hall–Kier alpha value is -2.04. The van der Waals surface area contributed by atoms with Crippen LogP contribution in [0.15, 0.2) is 42.5 Å². The van der Waals surface area contributed by atoms with E-state index in [0.717, 1.165) is 31.0 Å². The zero-order valence-electron chi connectivity index (χ0n) is 14.8. The maximum Gasteiger partial charge on any atom is 0.166 e. The van der Waals surface area contributed by atoms with Crippen molar-refractivity contribution in [1.29, 1.82) is 0 Å². The van der Waals surface area contributed by atoms with Crippen LogP contribution in [-0.2, 0) is 13.0 Å². The molecule has 1 heterocycles. The van der Waals surface area contributed by atoms with Gasteiger partial charge in [-0.15, -0.1) is 0 Å². The standard InChI is InChI=1S/C20H26N2O2/c1-14(21)20-17-12-19(24-3)18(23-2)11-16(17)9-10-22(20)13-15-7-5-4-6-8-15/h4-8,11-12,14,20H,9-10,13,21H2,1-3H3/p+2/t14-,20+/m0/s1. The van der Waals surface area contributed by atoms with Gasteiger partial charge in [0.1, 0.15) is 12.6 Å². The second-order valence-corrected chi connectivity index (χ2v) is 6.68. The van der Waals surface area contributed by atoms with E-state index in [0.29, 0.717) is 12.1 Å². The van der Waals surface area contributed by atoms with Crippen LogP contribution in [0.2, 0.25) is 0 Å². The summed E-state index contributed by atoms with van der Waals surface area (Å²) in [4.78, 5) is 1.57. The number of rotatable bonds is 5. The summed E-state index contributed by atoms with van der Waals surface area (Å²) in [5.74, 6) is 1.63. The van der Waals surface area contributed by atoms with Crippen molar-refractivity contribution in [2.75, 3.05) is 20.8 Å². The van der Waals surface area contributed by atoms with Crippen LogP contribution in [-0.4, -0.2) is 26.8 Å². The minimum absolute atomic E-state index is 0.320. The molecule has 0 bridgehead atoms. The summed E-state index contributed by atoms with van der Waals surface area (Å²) < 4.78 is 11.0. The van der Waals surface area contributed by atoms with E-state index in [1.54, 1.807) is 19.1 Å². The van der Waals surface area contributed by atoms with Gasteiger partial charge >= 0.3 is 0 Å². The smallest absolute Gasteiger partial charge is 0.166 e. The van der Waals surface area contributed by atoms with E-state index < -0.39 is 0 Å². The second-order valence-electron chi connectivity index (χ2n) is 6.68. The Morgan fingerprint density at radius 1 is 1.12 bits per heavy atom. The molecule has 0 radical (unpaired) electrons. The zero-order valence-corrected chi connectivity index (χ0v) is 14.8. The van der Waals surface area contributed by atoms with Crippen molar-refractivity contribution < 1.29 is 20.1 Å². The lowest BCUT2D eigenvalue weighted by Gasteiger charge is -2.35. The fourth-order valence-electron chi connectivity index (χ4n) is 3.88. The van der Waals surface area contributed by atoms with Crippen LogP contribution in [0, 0.1) is 0 Å². The monoisotopic (exact) mass is 328 g/mol. The van der Waals surface area contributed by atoms with Crippen molar-refractivity contribution in [3.63, 3.8) is 0 Å². The van der Waals surface area contributed by atoms with Gasteiger partial charge in [-0.2, -0.15) is 0 Å². The molecule has 1 aliphatic rings. The molecule has 0 aromatic heterocycles. The summed E-state index contributed by atoms with van der Waals surface area (Å²) in [5.41, 5.74) is 8.45. The number of quaternary nitrogens is 2. The Morgan fingerprint density at radius 3 is 2.42 bits per heavy atom. The predicted octanol–water partition coefficient (Wildman–Crippen LogP) is 1.02. The Balaban J connectivity index is 1.96. The van der Waals surface area contributed by atoms with Crippen LogP contribution in [0.25, 0.3) is 0 Å². The highest BCUT2D eigenvalue weighted by atomic mass is 16.5. The van der Waals surface area contributed by atoms with Crippen LogP contribution in [0.5, 0.6) is 11.5 Å². The minimum Gasteiger partial charge on any atom is -0.493 e. The van der Waals surface area contributed by atoms with Crippen LogP contribution >= 0.6 is 0 Å². The zero-order chi connectivity index (χ0) is 17.1. The molecule has 0 saturated carbocycles. The Labute approximate surface area is 144 Å². The van der Waals surface area contributed by atoms with E-state index in [1.165, 1.54) is 16.7 Å². The number of nitrogens with one attached hydrogen (secondary N) is 1. The van der Waals surface area contributed by atoms with E-state index in [2.05, 4.69) is 55.1 Å². The van der Waals surface area contributed by atoms with Gasteiger partial charge in [0.15, 0.2) is 17.5 Å².